The van der Waals surface area contributed by atoms with Crippen LogP contribution in [0.2, 0.25) is 5.15 Å². The minimum Gasteiger partial charge on any atom is -0.444 e. The van der Waals surface area contributed by atoms with Gasteiger partial charge in [0.2, 0.25) is 5.91 Å². The first-order valence-electron chi connectivity index (χ1n) is 10.7. The largest absolute Gasteiger partial charge is 0.444 e. The maximum atomic E-state index is 12.9. The Hall–Kier alpha value is -3.21. The molecular weight excluding hydrogens is 450 g/mol. The molecule has 1 aliphatic heterocycles. The van der Waals surface area contributed by atoms with Gasteiger partial charge in [-0.05, 0) is 46.1 Å². The van der Waals surface area contributed by atoms with E-state index in [4.69, 9.17) is 16.3 Å². The second-order valence-electron chi connectivity index (χ2n) is 8.71. The van der Waals surface area contributed by atoms with E-state index in [0.29, 0.717) is 12.4 Å². The number of hydrogen-bond acceptors (Lipinski definition) is 7. The van der Waals surface area contributed by atoms with Crippen LogP contribution < -0.4 is 10.6 Å². The molecule has 2 aromatic rings. The lowest BCUT2D eigenvalue weighted by Gasteiger charge is -2.35. The van der Waals surface area contributed by atoms with Crippen LogP contribution in [0.4, 0.5) is 10.6 Å². The minimum absolute atomic E-state index is 0.0755. The van der Waals surface area contributed by atoms with Crippen molar-refractivity contribution >= 4 is 35.3 Å². The van der Waals surface area contributed by atoms with E-state index < -0.39 is 17.6 Å². The van der Waals surface area contributed by atoms with E-state index in [2.05, 4.69) is 31.0 Å². The highest BCUT2D eigenvalue weighted by Gasteiger charge is 2.29. The number of likely N-dealkylation sites (tertiary alicyclic amines) is 1. The number of alkyl carbamates (subject to hydrolysis) is 1. The summed E-state index contributed by atoms with van der Waals surface area (Å²) in [5, 5.41) is 19.8. The number of H-pyrrole nitrogens is 1. The van der Waals surface area contributed by atoms with Crippen LogP contribution in [0.15, 0.2) is 18.3 Å². The molecule has 0 spiro atoms. The first kappa shape index (κ1) is 24.4. The van der Waals surface area contributed by atoms with Gasteiger partial charge in [0.1, 0.15) is 5.60 Å². The van der Waals surface area contributed by atoms with Gasteiger partial charge in [-0.25, -0.2) is 4.79 Å². The number of piperidine rings is 1. The molecule has 0 saturated carbocycles. The van der Waals surface area contributed by atoms with Gasteiger partial charge in [0.25, 0.3) is 5.91 Å². The number of rotatable bonds is 6. The summed E-state index contributed by atoms with van der Waals surface area (Å²) in [6.45, 7) is 6.13. The van der Waals surface area contributed by atoms with Gasteiger partial charge in [-0.2, -0.15) is 10.2 Å². The molecule has 3 heterocycles. The Balaban J connectivity index is 1.58. The van der Waals surface area contributed by atoms with Crippen molar-refractivity contribution in [1.82, 2.24) is 30.6 Å². The molecule has 1 aliphatic rings. The van der Waals surface area contributed by atoms with Gasteiger partial charge in [0, 0.05) is 25.6 Å². The number of amides is 3. The third-order valence-corrected chi connectivity index (χ3v) is 5.10. The van der Waals surface area contributed by atoms with Gasteiger partial charge in [-0.15, -0.1) is 5.10 Å². The number of ether oxygens (including phenoxy) is 1. The average Bonchev–Trinajstić information content (AvgIpc) is 3.20. The summed E-state index contributed by atoms with van der Waals surface area (Å²) in [6, 6.07) is 2.93. The highest BCUT2D eigenvalue weighted by Crippen LogP contribution is 2.31. The number of halogens is 1. The molecule has 1 saturated heterocycles. The van der Waals surface area contributed by atoms with Crippen LogP contribution in [-0.4, -0.2) is 61.9 Å². The van der Waals surface area contributed by atoms with Crippen molar-refractivity contribution in [3.63, 3.8) is 0 Å². The zero-order valence-corrected chi connectivity index (χ0v) is 19.6. The third-order valence-electron chi connectivity index (χ3n) is 4.92. The van der Waals surface area contributed by atoms with Crippen molar-refractivity contribution in [3.05, 3.63) is 34.7 Å². The second-order valence-corrected chi connectivity index (χ2v) is 9.09. The number of carbonyl (C=O) groups excluding carboxylic acids is 3. The summed E-state index contributed by atoms with van der Waals surface area (Å²) in [5.41, 5.74) is 0.385. The van der Waals surface area contributed by atoms with Gasteiger partial charge >= 0.3 is 6.09 Å². The van der Waals surface area contributed by atoms with Crippen molar-refractivity contribution in [2.24, 2.45) is 0 Å². The zero-order chi connectivity index (χ0) is 24.0. The molecule has 178 valence electrons. The predicted octanol–water partition coefficient (Wildman–Crippen LogP) is 3.07. The van der Waals surface area contributed by atoms with E-state index in [1.54, 1.807) is 31.7 Å². The highest BCUT2D eigenvalue weighted by molar-refractivity contribution is 6.29. The normalized spacial score (nSPS) is 16.2. The number of nitrogens with zero attached hydrogens (tertiary/aromatic N) is 4. The topological polar surface area (TPSA) is 142 Å². The highest BCUT2D eigenvalue weighted by atomic mass is 35.5. The lowest BCUT2D eigenvalue weighted by Crippen LogP contribution is -2.40. The molecule has 0 unspecified atom stereocenters. The smallest absolute Gasteiger partial charge is 0.407 e. The van der Waals surface area contributed by atoms with E-state index in [1.165, 1.54) is 12.3 Å². The van der Waals surface area contributed by atoms with Crippen LogP contribution in [0.3, 0.4) is 0 Å². The van der Waals surface area contributed by atoms with Gasteiger partial charge in [-0.3, -0.25) is 14.7 Å². The van der Waals surface area contributed by atoms with E-state index in [1.807, 2.05) is 0 Å². The molecule has 3 rings (SSSR count). The van der Waals surface area contributed by atoms with Crippen molar-refractivity contribution in [1.29, 1.82) is 0 Å². The molecule has 0 aromatic carbocycles. The van der Waals surface area contributed by atoms with Crippen LogP contribution >= 0.6 is 11.6 Å². The molecule has 3 amide bonds. The van der Waals surface area contributed by atoms with Crippen LogP contribution in [0, 0.1) is 0 Å². The molecular formula is C21H28ClN7O4. The summed E-state index contributed by atoms with van der Waals surface area (Å²) in [6.07, 6.45) is 3.54. The lowest BCUT2D eigenvalue weighted by atomic mass is 9.99. The summed E-state index contributed by atoms with van der Waals surface area (Å²) in [4.78, 5) is 38.8. The van der Waals surface area contributed by atoms with E-state index >= 15 is 0 Å². The molecule has 33 heavy (non-hydrogen) atoms. The second kappa shape index (κ2) is 10.6. The molecule has 2 aromatic heterocycles. The Morgan fingerprint density at radius 1 is 1.27 bits per heavy atom. The van der Waals surface area contributed by atoms with Gasteiger partial charge in [0.05, 0.1) is 23.5 Å². The average molecular weight is 478 g/mol. The van der Waals surface area contributed by atoms with Crippen LogP contribution in [0.1, 0.15) is 68.5 Å². The fourth-order valence-electron chi connectivity index (χ4n) is 3.51. The quantitative estimate of drug-likeness (QED) is 0.580. The number of hydrogen-bond donors (Lipinski definition) is 3. The summed E-state index contributed by atoms with van der Waals surface area (Å²) < 4.78 is 5.19. The van der Waals surface area contributed by atoms with Crippen molar-refractivity contribution in [2.75, 3.05) is 18.4 Å². The minimum atomic E-state index is -0.597. The van der Waals surface area contributed by atoms with E-state index in [9.17, 15) is 14.4 Å². The maximum Gasteiger partial charge on any atom is 0.407 e. The standard InChI is InChI=1S/C21H28ClN7O4/c1-21(2,3)33-20(32)23-8-7-18(30)29-9-5-4-6-15(29)14-11-17(28-26-14)25-19(31)13-10-16(22)27-24-12-13/h10-12,15H,4-9H2,1-3H3,(H,23,32)(H2,25,26,28,31)/t15-/m1/s1. The Kier molecular flexibility index (Phi) is 7.85. The molecule has 0 bridgehead atoms. The third kappa shape index (κ3) is 7.14. The Labute approximate surface area is 196 Å². The fraction of sp³-hybridized carbons (Fsp3) is 0.524. The van der Waals surface area contributed by atoms with Crippen LogP contribution in [0.25, 0.3) is 0 Å². The Morgan fingerprint density at radius 2 is 2.06 bits per heavy atom. The molecule has 1 atom stereocenters. The van der Waals surface area contributed by atoms with Crippen LogP contribution in [-0.2, 0) is 9.53 Å². The van der Waals surface area contributed by atoms with Crippen molar-refractivity contribution < 1.29 is 19.1 Å². The SMILES string of the molecule is CC(C)(C)OC(=O)NCCC(=O)N1CCCC[C@@H]1c1cc(NC(=O)c2cnnc(Cl)c2)n[nH]1. The maximum absolute atomic E-state index is 12.9. The van der Waals surface area contributed by atoms with Crippen LogP contribution in [0.5, 0.6) is 0 Å². The lowest BCUT2D eigenvalue weighted by molar-refractivity contribution is -0.135. The Morgan fingerprint density at radius 3 is 2.79 bits per heavy atom. The van der Waals surface area contributed by atoms with E-state index in [-0.39, 0.29) is 35.6 Å². The molecule has 0 aliphatic carbocycles. The summed E-state index contributed by atoms with van der Waals surface area (Å²) in [5.74, 6) is -0.171. The number of aromatic amines is 1. The van der Waals surface area contributed by atoms with Gasteiger partial charge in [0.15, 0.2) is 11.0 Å². The summed E-state index contributed by atoms with van der Waals surface area (Å²) >= 11 is 5.78. The van der Waals surface area contributed by atoms with Crippen molar-refractivity contribution in [3.8, 4) is 0 Å². The molecule has 1 fully saturated rings. The number of aromatic nitrogens is 4. The van der Waals surface area contributed by atoms with Gasteiger partial charge < -0.3 is 20.3 Å². The fourth-order valence-corrected chi connectivity index (χ4v) is 3.67. The summed E-state index contributed by atoms with van der Waals surface area (Å²) in [7, 11) is 0. The predicted molar refractivity (Wildman–Crippen MR) is 121 cm³/mol. The zero-order valence-electron chi connectivity index (χ0n) is 18.9. The Bertz CT molecular complexity index is 1000. The monoisotopic (exact) mass is 477 g/mol. The number of nitrogens with one attached hydrogen (secondary N) is 3. The molecule has 12 heteroatoms. The number of carbonyl (C=O) groups is 3. The molecule has 3 N–H and O–H groups in total. The first-order chi connectivity index (χ1) is 15.6. The van der Waals surface area contributed by atoms with Crippen molar-refractivity contribution in [2.45, 2.75) is 58.1 Å². The van der Waals surface area contributed by atoms with E-state index in [0.717, 1.165) is 25.0 Å². The van der Waals surface area contributed by atoms with Gasteiger partial charge in [-0.1, -0.05) is 11.6 Å². The molecule has 0 radical (unpaired) electrons. The molecule has 11 nitrogen and oxygen atoms in total. The first-order valence-corrected chi connectivity index (χ1v) is 11.1. The number of anilines is 1.